The summed E-state index contributed by atoms with van der Waals surface area (Å²) in [6, 6.07) is 15.5. The van der Waals surface area contributed by atoms with Crippen LogP contribution in [0.4, 0.5) is 0 Å². The van der Waals surface area contributed by atoms with E-state index in [0.717, 1.165) is 6.54 Å². The number of benzene rings is 2. The molecule has 1 N–H and O–H groups in total. The first-order valence-electron chi connectivity index (χ1n) is 6.02. The Bertz CT molecular complexity index is 486. The van der Waals surface area contributed by atoms with Crippen molar-refractivity contribution in [3.63, 3.8) is 0 Å². The zero-order chi connectivity index (χ0) is 12.3. The summed E-state index contributed by atoms with van der Waals surface area (Å²) in [5, 5.41) is 5.93. The molecule has 1 unspecified atom stereocenters. The number of fused-ring (bicyclic) bond motifs is 1. The summed E-state index contributed by atoms with van der Waals surface area (Å²) >= 11 is 0. The van der Waals surface area contributed by atoms with Crippen LogP contribution in [0.2, 0.25) is 0 Å². The van der Waals surface area contributed by atoms with Gasteiger partial charge in [0.2, 0.25) is 0 Å². The van der Waals surface area contributed by atoms with Crippen molar-refractivity contribution in [2.24, 2.45) is 0 Å². The Morgan fingerprint density at radius 3 is 2.47 bits per heavy atom. The topological polar surface area (TPSA) is 15.3 Å². The molecule has 0 bridgehead atoms. The van der Waals surface area contributed by atoms with Gasteiger partial charge in [-0.3, -0.25) is 0 Å². The Balaban J connectivity index is 2.52. The zero-order valence-electron chi connectivity index (χ0n) is 10.8. The highest BCUT2D eigenvalue weighted by atomic mass is 15.1. The number of nitrogens with zero attached hydrogens (tertiary/aromatic N) is 1. The van der Waals surface area contributed by atoms with Crippen LogP contribution in [0.1, 0.15) is 11.6 Å². The molecule has 2 nitrogen and oxygen atoms in total. The molecule has 0 spiro atoms. The van der Waals surface area contributed by atoms with Crippen LogP contribution >= 0.6 is 0 Å². The fraction of sp³-hybridized carbons (Fsp3) is 0.333. The van der Waals surface area contributed by atoms with Crippen molar-refractivity contribution in [2.45, 2.75) is 6.04 Å². The molecule has 0 fully saturated rings. The maximum atomic E-state index is 3.27. The van der Waals surface area contributed by atoms with E-state index in [1.807, 2.05) is 7.05 Å². The molecule has 0 radical (unpaired) electrons. The smallest absolute Gasteiger partial charge is 0.0472 e. The molecule has 0 aliphatic rings. The van der Waals surface area contributed by atoms with Gasteiger partial charge in [-0.15, -0.1) is 0 Å². The second kappa shape index (κ2) is 5.30. The van der Waals surface area contributed by atoms with Gasteiger partial charge in [-0.05, 0) is 37.5 Å². The van der Waals surface area contributed by atoms with Crippen molar-refractivity contribution in [3.05, 3.63) is 48.0 Å². The Labute approximate surface area is 103 Å². The third-order valence-corrected chi connectivity index (χ3v) is 3.20. The molecule has 2 aromatic rings. The number of hydrogen-bond acceptors (Lipinski definition) is 2. The van der Waals surface area contributed by atoms with Crippen LogP contribution in [0.3, 0.4) is 0 Å². The average molecular weight is 228 g/mol. The maximum Gasteiger partial charge on any atom is 0.0472 e. The molecule has 2 rings (SSSR count). The van der Waals surface area contributed by atoms with Gasteiger partial charge in [0.1, 0.15) is 0 Å². The first-order valence-corrected chi connectivity index (χ1v) is 6.02. The molecular weight excluding hydrogens is 208 g/mol. The van der Waals surface area contributed by atoms with E-state index in [0.29, 0.717) is 6.04 Å². The third kappa shape index (κ3) is 2.48. The molecule has 90 valence electrons. The monoisotopic (exact) mass is 228 g/mol. The van der Waals surface area contributed by atoms with E-state index in [2.05, 4.69) is 66.8 Å². The minimum absolute atomic E-state index is 0.408. The normalized spacial score (nSPS) is 13.2. The fourth-order valence-corrected chi connectivity index (χ4v) is 2.31. The number of rotatable bonds is 4. The fourth-order valence-electron chi connectivity index (χ4n) is 2.31. The highest BCUT2D eigenvalue weighted by Gasteiger charge is 2.15. The Morgan fingerprint density at radius 2 is 1.76 bits per heavy atom. The van der Waals surface area contributed by atoms with E-state index < -0.39 is 0 Å². The third-order valence-electron chi connectivity index (χ3n) is 3.20. The van der Waals surface area contributed by atoms with Crippen LogP contribution < -0.4 is 5.32 Å². The predicted octanol–water partition coefficient (Wildman–Crippen LogP) is 2.66. The molecule has 0 heterocycles. The van der Waals surface area contributed by atoms with Crippen LogP contribution in [-0.2, 0) is 0 Å². The van der Waals surface area contributed by atoms with Gasteiger partial charge in [0, 0.05) is 12.6 Å². The maximum absolute atomic E-state index is 3.27. The SMILES string of the molecule is CNCC(c1cccc2ccccc12)N(C)C. The molecule has 0 aromatic heterocycles. The molecule has 1 atom stereocenters. The summed E-state index contributed by atoms with van der Waals surface area (Å²) in [6.07, 6.45) is 0. The molecule has 2 aromatic carbocycles. The number of hydrogen-bond donors (Lipinski definition) is 1. The highest BCUT2D eigenvalue weighted by Crippen LogP contribution is 2.26. The van der Waals surface area contributed by atoms with Crippen LogP contribution in [-0.4, -0.2) is 32.6 Å². The average Bonchev–Trinajstić information content (AvgIpc) is 2.35. The summed E-state index contributed by atoms with van der Waals surface area (Å²) in [5.41, 5.74) is 1.39. The largest absolute Gasteiger partial charge is 0.318 e. The number of nitrogens with one attached hydrogen (secondary N) is 1. The number of likely N-dealkylation sites (N-methyl/N-ethyl adjacent to an activating group) is 2. The Kier molecular flexibility index (Phi) is 3.77. The van der Waals surface area contributed by atoms with Gasteiger partial charge in [0.05, 0.1) is 0 Å². The van der Waals surface area contributed by atoms with Crippen molar-refractivity contribution < 1.29 is 0 Å². The van der Waals surface area contributed by atoms with Gasteiger partial charge < -0.3 is 10.2 Å². The lowest BCUT2D eigenvalue weighted by Gasteiger charge is -2.25. The van der Waals surface area contributed by atoms with Crippen LogP contribution in [0, 0.1) is 0 Å². The highest BCUT2D eigenvalue weighted by molar-refractivity contribution is 5.86. The quantitative estimate of drug-likeness (QED) is 0.865. The molecule has 0 aliphatic carbocycles. The van der Waals surface area contributed by atoms with Crippen molar-refractivity contribution in [2.75, 3.05) is 27.7 Å². The first-order chi connectivity index (χ1) is 8.24. The molecule has 0 aliphatic heterocycles. The Hall–Kier alpha value is -1.38. The molecule has 0 saturated heterocycles. The molecule has 17 heavy (non-hydrogen) atoms. The lowest BCUT2D eigenvalue weighted by Crippen LogP contribution is -2.29. The van der Waals surface area contributed by atoms with Crippen LogP contribution in [0.15, 0.2) is 42.5 Å². The molecule has 0 saturated carbocycles. The summed E-state index contributed by atoms with van der Waals surface area (Å²) in [5.74, 6) is 0. The summed E-state index contributed by atoms with van der Waals surface area (Å²) in [6.45, 7) is 0.959. The minimum atomic E-state index is 0.408. The summed E-state index contributed by atoms with van der Waals surface area (Å²) in [7, 11) is 6.26. The van der Waals surface area contributed by atoms with Crippen molar-refractivity contribution in [1.29, 1.82) is 0 Å². The summed E-state index contributed by atoms with van der Waals surface area (Å²) < 4.78 is 0. The lowest BCUT2D eigenvalue weighted by atomic mass is 9.98. The van der Waals surface area contributed by atoms with E-state index in [4.69, 9.17) is 0 Å². The van der Waals surface area contributed by atoms with Crippen LogP contribution in [0.25, 0.3) is 10.8 Å². The predicted molar refractivity (Wildman–Crippen MR) is 74.3 cm³/mol. The molecule has 2 heteroatoms. The van der Waals surface area contributed by atoms with Crippen molar-refractivity contribution >= 4 is 10.8 Å². The van der Waals surface area contributed by atoms with E-state index in [1.165, 1.54) is 16.3 Å². The van der Waals surface area contributed by atoms with E-state index in [9.17, 15) is 0 Å². The van der Waals surface area contributed by atoms with Crippen molar-refractivity contribution in [1.82, 2.24) is 10.2 Å². The summed E-state index contributed by atoms with van der Waals surface area (Å²) in [4.78, 5) is 2.26. The second-order valence-corrected chi connectivity index (χ2v) is 4.61. The molecular formula is C15H20N2. The van der Waals surface area contributed by atoms with Crippen LogP contribution in [0.5, 0.6) is 0 Å². The van der Waals surface area contributed by atoms with Gasteiger partial charge in [-0.25, -0.2) is 0 Å². The van der Waals surface area contributed by atoms with Gasteiger partial charge in [0.15, 0.2) is 0 Å². The molecule has 0 amide bonds. The van der Waals surface area contributed by atoms with E-state index in [-0.39, 0.29) is 0 Å². The Morgan fingerprint density at radius 1 is 1.06 bits per heavy atom. The van der Waals surface area contributed by atoms with Gasteiger partial charge in [-0.2, -0.15) is 0 Å². The lowest BCUT2D eigenvalue weighted by molar-refractivity contribution is 0.295. The van der Waals surface area contributed by atoms with Gasteiger partial charge in [0.25, 0.3) is 0 Å². The minimum Gasteiger partial charge on any atom is -0.318 e. The van der Waals surface area contributed by atoms with E-state index in [1.54, 1.807) is 0 Å². The van der Waals surface area contributed by atoms with Crippen molar-refractivity contribution in [3.8, 4) is 0 Å². The van der Waals surface area contributed by atoms with E-state index >= 15 is 0 Å². The standard InChI is InChI=1S/C15H20N2/c1-16-11-15(17(2)3)14-10-6-8-12-7-4-5-9-13(12)14/h4-10,15-16H,11H2,1-3H3. The second-order valence-electron chi connectivity index (χ2n) is 4.61. The van der Waals surface area contributed by atoms with Gasteiger partial charge in [-0.1, -0.05) is 42.5 Å². The first kappa shape index (κ1) is 12.1. The van der Waals surface area contributed by atoms with Gasteiger partial charge >= 0.3 is 0 Å². The zero-order valence-corrected chi connectivity index (χ0v) is 10.8.